The summed E-state index contributed by atoms with van der Waals surface area (Å²) in [7, 11) is 1.95. The van der Waals surface area contributed by atoms with Gasteiger partial charge < -0.3 is 14.6 Å². The van der Waals surface area contributed by atoms with Gasteiger partial charge in [0.15, 0.2) is 0 Å². The van der Waals surface area contributed by atoms with Gasteiger partial charge in [-0.1, -0.05) is 6.07 Å². The molecule has 17 heavy (non-hydrogen) atoms. The van der Waals surface area contributed by atoms with E-state index < -0.39 is 0 Å². The first kappa shape index (κ1) is 12.3. The van der Waals surface area contributed by atoms with Gasteiger partial charge in [0.05, 0.1) is 6.61 Å². The molecule has 2 unspecified atom stereocenters. The molecular formula is C13H20N2O2. The van der Waals surface area contributed by atoms with Crippen molar-refractivity contribution in [2.75, 3.05) is 20.3 Å². The predicted octanol–water partition coefficient (Wildman–Crippen LogP) is 0.781. The lowest BCUT2D eigenvalue weighted by molar-refractivity contribution is 0.174. The number of aromatic nitrogens is 1. The molecule has 2 heterocycles. The van der Waals surface area contributed by atoms with E-state index in [1.165, 1.54) is 0 Å². The van der Waals surface area contributed by atoms with Crippen molar-refractivity contribution in [3.63, 3.8) is 0 Å². The van der Waals surface area contributed by atoms with Crippen LogP contribution in [0.4, 0.5) is 0 Å². The van der Waals surface area contributed by atoms with Crippen LogP contribution < -0.4 is 10.9 Å². The highest BCUT2D eigenvalue weighted by Gasteiger charge is 2.25. The maximum Gasteiger partial charge on any atom is 0.250 e. The summed E-state index contributed by atoms with van der Waals surface area (Å²) in [5.74, 6) is 0.506. The predicted molar refractivity (Wildman–Crippen MR) is 67.2 cm³/mol. The van der Waals surface area contributed by atoms with Crippen molar-refractivity contribution >= 4 is 0 Å². The topological polar surface area (TPSA) is 43.3 Å². The summed E-state index contributed by atoms with van der Waals surface area (Å²) in [6.45, 7) is 4.33. The zero-order valence-corrected chi connectivity index (χ0v) is 10.5. The van der Waals surface area contributed by atoms with Gasteiger partial charge in [-0.25, -0.2) is 0 Å². The second kappa shape index (κ2) is 5.47. The van der Waals surface area contributed by atoms with Crippen molar-refractivity contribution in [1.82, 2.24) is 9.88 Å². The van der Waals surface area contributed by atoms with E-state index in [-0.39, 0.29) is 5.56 Å². The van der Waals surface area contributed by atoms with Crippen molar-refractivity contribution in [2.45, 2.75) is 25.9 Å². The molecule has 94 valence electrons. The van der Waals surface area contributed by atoms with Gasteiger partial charge in [-0.2, -0.15) is 0 Å². The molecule has 1 saturated heterocycles. The number of hydrogen-bond donors (Lipinski definition) is 1. The van der Waals surface area contributed by atoms with E-state index in [0.717, 1.165) is 31.9 Å². The lowest BCUT2D eigenvalue weighted by atomic mass is 9.99. The minimum atomic E-state index is 0.0733. The number of nitrogens with one attached hydrogen (secondary N) is 1. The normalized spacial score (nSPS) is 21.6. The Balaban J connectivity index is 2.15. The van der Waals surface area contributed by atoms with Gasteiger partial charge in [-0.3, -0.25) is 4.79 Å². The second-order valence-corrected chi connectivity index (χ2v) is 4.63. The molecule has 0 aliphatic carbocycles. The average molecular weight is 236 g/mol. The zero-order chi connectivity index (χ0) is 12.3. The molecule has 1 aliphatic heterocycles. The van der Waals surface area contributed by atoms with Crippen LogP contribution in [-0.4, -0.2) is 30.9 Å². The molecule has 0 spiro atoms. The van der Waals surface area contributed by atoms with E-state index in [0.29, 0.717) is 12.0 Å². The third-order valence-electron chi connectivity index (χ3n) is 3.55. The lowest BCUT2D eigenvalue weighted by Crippen LogP contribution is -2.40. The van der Waals surface area contributed by atoms with E-state index in [1.807, 2.05) is 24.6 Å². The van der Waals surface area contributed by atoms with Gasteiger partial charge in [0.25, 0.3) is 5.56 Å². The van der Waals surface area contributed by atoms with Crippen molar-refractivity contribution in [3.8, 4) is 0 Å². The Morgan fingerprint density at radius 2 is 2.41 bits per heavy atom. The minimum Gasteiger partial charge on any atom is -0.381 e. The molecule has 4 heteroatoms. The van der Waals surface area contributed by atoms with Crippen molar-refractivity contribution in [2.24, 2.45) is 5.92 Å². The SMILES string of the molecule is CNC(Cn1c(C)cccc1=O)C1CCOC1. The Morgan fingerprint density at radius 3 is 3.00 bits per heavy atom. The first-order chi connectivity index (χ1) is 8.22. The van der Waals surface area contributed by atoms with Crippen molar-refractivity contribution in [1.29, 1.82) is 0 Å². The third kappa shape index (κ3) is 2.76. The number of likely N-dealkylation sites (N-methyl/N-ethyl adjacent to an activating group) is 1. The Hall–Kier alpha value is -1.13. The van der Waals surface area contributed by atoms with Gasteiger partial charge in [-0.05, 0) is 26.5 Å². The Bertz CT molecular complexity index is 422. The van der Waals surface area contributed by atoms with Gasteiger partial charge in [0.2, 0.25) is 0 Å². The van der Waals surface area contributed by atoms with E-state index in [9.17, 15) is 4.79 Å². The third-order valence-corrected chi connectivity index (χ3v) is 3.55. The lowest BCUT2D eigenvalue weighted by Gasteiger charge is -2.23. The van der Waals surface area contributed by atoms with Crippen LogP contribution in [0.25, 0.3) is 0 Å². The summed E-state index contributed by atoms with van der Waals surface area (Å²) < 4.78 is 7.24. The molecule has 1 aliphatic rings. The standard InChI is InChI=1S/C13H20N2O2/c1-10-4-3-5-13(16)15(10)8-12(14-2)11-6-7-17-9-11/h3-5,11-12,14H,6-9H2,1-2H3. The molecule has 1 N–H and O–H groups in total. The molecule has 1 aromatic rings. The molecule has 4 nitrogen and oxygen atoms in total. The fourth-order valence-corrected chi connectivity index (χ4v) is 2.40. The fourth-order valence-electron chi connectivity index (χ4n) is 2.40. The smallest absolute Gasteiger partial charge is 0.250 e. The molecule has 0 saturated carbocycles. The molecule has 1 aromatic heterocycles. The van der Waals surface area contributed by atoms with Gasteiger partial charge in [-0.15, -0.1) is 0 Å². The number of pyridine rings is 1. The van der Waals surface area contributed by atoms with Crippen LogP contribution in [0.5, 0.6) is 0 Å². The summed E-state index contributed by atoms with van der Waals surface area (Å²) in [4.78, 5) is 11.8. The summed E-state index contributed by atoms with van der Waals surface area (Å²) in [6, 6.07) is 5.70. The van der Waals surface area contributed by atoms with Crippen molar-refractivity contribution in [3.05, 3.63) is 34.2 Å². The number of hydrogen-bond acceptors (Lipinski definition) is 3. The molecule has 0 radical (unpaired) electrons. The largest absolute Gasteiger partial charge is 0.381 e. The molecule has 0 bridgehead atoms. The van der Waals surface area contributed by atoms with Crippen LogP contribution in [0, 0.1) is 12.8 Å². The van der Waals surface area contributed by atoms with Crippen molar-refractivity contribution < 1.29 is 4.74 Å². The molecular weight excluding hydrogens is 216 g/mol. The zero-order valence-electron chi connectivity index (χ0n) is 10.5. The van der Waals surface area contributed by atoms with Crippen LogP contribution in [0.3, 0.4) is 0 Å². The van der Waals surface area contributed by atoms with Crippen LogP contribution in [0.1, 0.15) is 12.1 Å². The molecule has 0 aromatic carbocycles. The van der Waals surface area contributed by atoms with Crippen LogP contribution in [0.2, 0.25) is 0 Å². The Morgan fingerprint density at radius 1 is 1.59 bits per heavy atom. The minimum absolute atomic E-state index is 0.0733. The molecule has 1 fully saturated rings. The Labute approximate surface area is 102 Å². The summed E-state index contributed by atoms with van der Waals surface area (Å²) in [6.07, 6.45) is 1.08. The first-order valence-corrected chi connectivity index (χ1v) is 6.14. The van der Waals surface area contributed by atoms with Crippen LogP contribution >= 0.6 is 0 Å². The second-order valence-electron chi connectivity index (χ2n) is 4.63. The molecule has 2 rings (SSSR count). The number of nitrogens with zero attached hydrogens (tertiary/aromatic N) is 1. The highest BCUT2D eigenvalue weighted by Crippen LogP contribution is 2.17. The van der Waals surface area contributed by atoms with Gasteiger partial charge in [0, 0.05) is 36.9 Å². The van der Waals surface area contributed by atoms with Gasteiger partial charge in [0.1, 0.15) is 0 Å². The summed E-state index contributed by atoms with van der Waals surface area (Å²) >= 11 is 0. The highest BCUT2D eigenvalue weighted by atomic mass is 16.5. The van der Waals surface area contributed by atoms with Crippen LogP contribution in [0.15, 0.2) is 23.0 Å². The maximum atomic E-state index is 11.8. The summed E-state index contributed by atoms with van der Waals surface area (Å²) in [5, 5.41) is 3.31. The highest BCUT2D eigenvalue weighted by molar-refractivity contribution is 5.05. The molecule has 0 amide bonds. The van der Waals surface area contributed by atoms with E-state index in [2.05, 4.69) is 5.32 Å². The number of rotatable bonds is 4. The maximum absolute atomic E-state index is 11.8. The van der Waals surface area contributed by atoms with E-state index in [4.69, 9.17) is 4.74 Å². The fraction of sp³-hybridized carbons (Fsp3) is 0.615. The van der Waals surface area contributed by atoms with E-state index in [1.54, 1.807) is 12.1 Å². The number of ether oxygens (including phenoxy) is 1. The summed E-state index contributed by atoms with van der Waals surface area (Å²) in [5.41, 5.74) is 1.08. The van der Waals surface area contributed by atoms with Gasteiger partial charge >= 0.3 is 0 Å². The van der Waals surface area contributed by atoms with E-state index >= 15 is 0 Å². The van der Waals surface area contributed by atoms with Crippen LogP contribution in [-0.2, 0) is 11.3 Å². The monoisotopic (exact) mass is 236 g/mol. The average Bonchev–Trinajstić information content (AvgIpc) is 2.82. The quantitative estimate of drug-likeness (QED) is 0.840. The molecule has 2 atom stereocenters. The first-order valence-electron chi connectivity index (χ1n) is 6.14. The number of aryl methyl sites for hydroxylation is 1. The Kier molecular flexibility index (Phi) is 3.97.